The van der Waals surface area contributed by atoms with Crippen molar-refractivity contribution in [1.29, 1.82) is 0 Å². The number of hydrogen-bond donors (Lipinski definition) is 1. The van der Waals surface area contributed by atoms with Crippen molar-refractivity contribution in [2.75, 3.05) is 62.0 Å². The highest BCUT2D eigenvalue weighted by Crippen LogP contribution is 2.29. The molecule has 14 heteroatoms. The molecule has 0 aliphatic carbocycles. The average molecular weight is 547 g/mol. The zero-order valence-corrected chi connectivity index (χ0v) is 21.7. The summed E-state index contributed by atoms with van der Waals surface area (Å²) in [5, 5.41) is 4.30. The topological polar surface area (TPSA) is 128 Å². The van der Waals surface area contributed by atoms with Gasteiger partial charge in [-0.3, -0.25) is 9.11 Å². The molecule has 1 atom stereocenters. The van der Waals surface area contributed by atoms with Crippen LogP contribution in [0.2, 0.25) is 0 Å². The Morgan fingerprint density at radius 2 is 1.95 bits per heavy atom. The van der Waals surface area contributed by atoms with E-state index in [0.29, 0.717) is 48.4 Å². The number of rotatable bonds is 10. The smallest absolute Gasteiger partial charge is 0.257 e. The number of halogens is 2. The molecule has 11 nitrogen and oxygen atoms in total. The fourth-order valence-corrected chi connectivity index (χ4v) is 4.60. The molecule has 1 aromatic carbocycles. The molecule has 1 fully saturated rings. The van der Waals surface area contributed by atoms with E-state index < -0.39 is 22.4 Å². The largest absolute Gasteiger partial charge is 0.489 e. The van der Waals surface area contributed by atoms with E-state index in [4.69, 9.17) is 14.9 Å². The number of ether oxygens (including phenoxy) is 1. The van der Waals surface area contributed by atoms with E-state index in [9.17, 15) is 13.0 Å². The molecule has 2 N–H and O–H groups in total. The lowest BCUT2D eigenvalue weighted by Gasteiger charge is -2.36. The van der Waals surface area contributed by atoms with Gasteiger partial charge in [-0.2, -0.15) is 19.5 Å². The van der Waals surface area contributed by atoms with Crippen molar-refractivity contribution in [2.24, 2.45) is 0 Å². The minimum absolute atomic E-state index is 0.0329. The maximum atomic E-state index is 14.5. The highest BCUT2D eigenvalue weighted by Gasteiger charge is 2.22. The SMILES string of the molecule is C[S@](=O)CCOc1cc(N2CCN(CCCc3nc(N)n4nc(-c5ccco5)nc4n3)CC2)c(F)cc1F. The Morgan fingerprint density at radius 1 is 1.13 bits per heavy atom. The van der Waals surface area contributed by atoms with Crippen LogP contribution in [-0.4, -0.2) is 85.0 Å². The first-order valence-electron chi connectivity index (χ1n) is 12.2. The lowest BCUT2D eigenvalue weighted by atomic mass is 10.2. The van der Waals surface area contributed by atoms with Crippen LogP contribution >= 0.6 is 0 Å². The third-order valence-electron chi connectivity index (χ3n) is 6.24. The Morgan fingerprint density at radius 3 is 2.68 bits per heavy atom. The Bertz CT molecular complexity index is 1420. The number of nitrogens with two attached hydrogens (primary N) is 1. The summed E-state index contributed by atoms with van der Waals surface area (Å²) in [6, 6.07) is 5.74. The Labute approximate surface area is 220 Å². The van der Waals surface area contributed by atoms with Crippen molar-refractivity contribution < 1.29 is 22.1 Å². The van der Waals surface area contributed by atoms with Gasteiger partial charge in [0, 0.05) is 61.8 Å². The van der Waals surface area contributed by atoms with Crippen molar-refractivity contribution in [3.63, 3.8) is 0 Å². The number of nitrogen functional groups attached to an aromatic ring is 1. The standard InChI is InChI=1S/C24H28F2N8O3S/c1-38(35)13-12-37-20-15-18(16(25)14-17(20)26)33-9-7-32(8-10-33)6-2-5-21-28-23(27)34-24(29-21)30-22(31-34)19-4-3-11-36-19/h3-4,11,14-15H,2,5-10,12-13H2,1H3,(H2,27,28,29,30,31)/t38-/m0/s1. The number of benzene rings is 1. The second kappa shape index (κ2) is 11.4. The summed E-state index contributed by atoms with van der Waals surface area (Å²) >= 11 is 0. The quantitative estimate of drug-likeness (QED) is 0.316. The normalized spacial score (nSPS) is 15.3. The molecule has 202 valence electrons. The van der Waals surface area contributed by atoms with E-state index in [1.807, 2.05) is 4.90 Å². The molecular formula is C24H28F2N8O3S. The third kappa shape index (κ3) is 5.91. The van der Waals surface area contributed by atoms with Crippen LogP contribution in [-0.2, 0) is 17.2 Å². The summed E-state index contributed by atoms with van der Waals surface area (Å²) in [6.07, 6.45) is 4.50. The van der Waals surface area contributed by atoms with Crippen LogP contribution in [0.15, 0.2) is 34.9 Å². The number of hydrogen-bond acceptors (Lipinski definition) is 10. The lowest BCUT2D eigenvalue weighted by Crippen LogP contribution is -2.47. The predicted octanol–water partition coefficient (Wildman–Crippen LogP) is 2.15. The molecule has 0 amide bonds. The zero-order valence-electron chi connectivity index (χ0n) is 20.8. The Balaban J connectivity index is 1.14. The van der Waals surface area contributed by atoms with Gasteiger partial charge in [-0.25, -0.2) is 8.78 Å². The molecule has 0 saturated carbocycles. The maximum Gasteiger partial charge on any atom is 0.257 e. The van der Waals surface area contributed by atoms with Crippen LogP contribution in [0.3, 0.4) is 0 Å². The molecule has 1 aliphatic heterocycles. The van der Waals surface area contributed by atoms with Gasteiger partial charge < -0.3 is 19.8 Å². The minimum atomic E-state index is -1.05. The minimum Gasteiger partial charge on any atom is -0.489 e. The molecule has 1 aliphatic rings. The number of aromatic nitrogens is 5. The summed E-state index contributed by atoms with van der Waals surface area (Å²) in [7, 11) is -1.05. The maximum absolute atomic E-state index is 14.5. The number of anilines is 2. The van der Waals surface area contributed by atoms with Gasteiger partial charge in [0.15, 0.2) is 17.3 Å². The van der Waals surface area contributed by atoms with E-state index >= 15 is 0 Å². The summed E-state index contributed by atoms with van der Waals surface area (Å²) in [4.78, 5) is 17.4. The summed E-state index contributed by atoms with van der Waals surface area (Å²) in [5.74, 6) is 0.911. The molecule has 1 saturated heterocycles. The highest BCUT2D eigenvalue weighted by molar-refractivity contribution is 7.84. The number of piperazine rings is 1. The first kappa shape index (κ1) is 26.0. The van der Waals surface area contributed by atoms with Crippen LogP contribution < -0.4 is 15.4 Å². The predicted molar refractivity (Wildman–Crippen MR) is 138 cm³/mol. The first-order chi connectivity index (χ1) is 18.4. The van der Waals surface area contributed by atoms with Crippen molar-refractivity contribution in [1.82, 2.24) is 29.5 Å². The molecule has 4 heterocycles. The van der Waals surface area contributed by atoms with E-state index in [1.165, 1.54) is 10.6 Å². The van der Waals surface area contributed by atoms with Crippen molar-refractivity contribution in [3.05, 3.63) is 48.0 Å². The molecule has 0 spiro atoms. The summed E-state index contributed by atoms with van der Waals surface area (Å²) < 4.78 is 52.0. The summed E-state index contributed by atoms with van der Waals surface area (Å²) in [5.41, 5.74) is 6.37. The number of aryl methyl sites for hydroxylation is 1. The van der Waals surface area contributed by atoms with Crippen LogP contribution in [0.5, 0.6) is 5.75 Å². The molecule has 0 bridgehead atoms. The molecular weight excluding hydrogens is 518 g/mol. The lowest BCUT2D eigenvalue weighted by molar-refractivity contribution is 0.253. The first-order valence-corrected chi connectivity index (χ1v) is 13.9. The number of nitrogens with zero attached hydrogens (tertiary/aromatic N) is 7. The van der Waals surface area contributed by atoms with Gasteiger partial charge >= 0.3 is 0 Å². The van der Waals surface area contributed by atoms with Gasteiger partial charge in [-0.05, 0) is 25.1 Å². The van der Waals surface area contributed by atoms with E-state index in [-0.39, 0.29) is 24.1 Å². The van der Waals surface area contributed by atoms with Gasteiger partial charge in [0.05, 0.1) is 24.3 Å². The van der Waals surface area contributed by atoms with Crippen molar-refractivity contribution in [2.45, 2.75) is 12.8 Å². The molecule has 3 aromatic heterocycles. The van der Waals surface area contributed by atoms with Crippen LogP contribution in [0.4, 0.5) is 20.4 Å². The highest BCUT2D eigenvalue weighted by atomic mass is 32.2. The van der Waals surface area contributed by atoms with Gasteiger partial charge in [0.2, 0.25) is 11.8 Å². The Kier molecular flexibility index (Phi) is 7.79. The fourth-order valence-electron chi connectivity index (χ4n) is 4.29. The van der Waals surface area contributed by atoms with Crippen LogP contribution in [0.25, 0.3) is 17.4 Å². The number of furan rings is 1. The van der Waals surface area contributed by atoms with Crippen LogP contribution in [0, 0.1) is 11.6 Å². The Hall–Kier alpha value is -3.65. The van der Waals surface area contributed by atoms with Gasteiger partial charge in [0.25, 0.3) is 5.78 Å². The van der Waals surface area contributed by atoms with Crippen molar-refractivity contribution in [3.8, 4) is 17.3 Å². The summed E-state index contributed by atoms with van der Waals surface area (Å²) in [6.45, 7) is 3.53. The van der Waals surface area contributed by atoms with Gasteiger partial charge in [-0.15, -0.1) is 5.10 Å². The molecule has 4 aromatic rings. The van der Waals surface area contributed by atoms with Gasteiger partial charge in [-0.1, -0.05) is 0 Å². The zero-order chi connectivity index (χ0) is 26.6. The van der Waals surface area contributed by atoms with E-state index in [2.05, 4.69) is 25.0 Å². The second-order valence-corrected chi connectivity index (χ2v) is 10.5. The number of fused-ring (bicyclic) bond motifs is 1. The fraction of sp³-hybridized carbons (Fsp3) is 0.417. The average Bonchev–Trinajstić information content (AvgIpc) is 3.56. The monoisotopic (exact) mass is 546 g/mol. The molecule has 5 rings (SSSR count). The molecule has 0 unspecified atom stereocenters. The van der Waals surface area contributed by atoms with Crippen LogP contribution in [0.1, 0.15) is 12.2 Å². The van der Waals surface area contributed by atoms with Crippen molar-refractivity contribution >= 4 is 28.2 Å². The van der Waals surface area contributed by atoms with E-state index in [0.717, 1.165) is 32.1 Å². The molecule has 0 radical (unpaired) electrons. The second-order valence-electron chi connectivity index (χ2n) is 8.91. The van der Waals surface area contributed by atoms with Gasteiger partial charge in [0.1, 0.15) is 11.6 Å². The third-order valence-corrected chi connectivity index (χ3v) is 6.98. The van der Waals surface area contributed by atoms with E-state index in [1.54, 1.807) is 24.7 Å². The molecule has 38 heavy (non-hydrogen) atoms.